The van der Waals surface area contributed by atoms with Crippen molar-refractivity contribution in [3.63, 3.8) is 0 Å². The van der Waals surface area contributed by atoms with Crippen LogP contribution in [0, 0.1) is 6.92 Å². The van der Waals surface area contributed by atoms with E-state index in [-0.39, 0.29) is 11.2 Å². The van der Waals surface area contributed by atoms with Crippen LogP contribution in [0.5, 0.6) is 11.5 Å². The quantitative estimate of drug-likeness (QED) is 0.775. The summed E-state index contributed by atoms with van der Waals surface area (Å²) < 4.78 is 10.5. The molecule has 2 rings (SSSR count). The molecular weight excluding hydrogens is 322 g/mol. The predicted molar refractivity (Wildman–Crippen MR) is 97.9 cm³/mol. The Labute approximate surface area is 147 Å². The van der Waals surface area contributed by atoms with Gasteiger partial charge in [0.25, 0.3) is 0 Å². The van der Waals surface area contributed by atoms with Crippen molar-refractivity contribution < 1.29 is 14.3 Å². The molecule has 0 aliphatic rings. The topological polar surface area (TPSA) is 47.6 Å². The van der Waals surface area contributed by atoms with E-state index in [1.807, 2.05) is 44.2 Å². The standard InChI is InChI=1S/C19H23NO3S/c1-13-5-8-16(9-6-13)24-14(2)19(21)20-12-15-7-10-17(22-3)18(11-15)23-4/h5-11,14H,12H2,1-4H3,(H,20,21)/t14-/m1/s1. The molecule has 0 saturated heterocycles. The number of methoxy groups -OCH3 is 2. The molecule has 128 valence electrons. The lowest BCUT2D eigenvalue weighted by molar-refractivity contribution is -0.120. The number of rotatable bonds is 7. The number of carbonyl (C=O) groups excluding carboxylic acids is 1. The lowest BCUT2D eigenvalue weighted by atomic mass is 10.2. The van der Waals surface area contributed by atoms with Crippen LogP contribution in [0.4, 0.5) is 0 Å². The smallest absolute Gasteiger partial charge is 0.233 e. The van der Waals surface area contributed by atoms with Crippen LogP contribution in [0.2, 0.25) is 0 Å². The summed E-state index contributed by atoms with van der Waals surface area (Å²) in [5.41, 5.74) is 2.18. The number of benzene rings is 2. The average Bonchev–Trinajstić information content (AvgIpc) is 2.61. The van der Waals surface area contributed by atoms with Gasteiger partial charge in [-0.1, -0.05) is 23.8 Å². The molecule has 1 atom stereocenters. The summed E-state index contributed by atoms with van der Waals surface area (Å²) >= 11 is 1.55. The van der Waals surface area contributed by atoms with E-state index in [0.717, 1.165) is 10.5 Å². The summed E-state index contributed by atoms with van der Waals surface area (Å²) in [5.74, 6) is 1.34. The van der Waals surface area contributed by atoms with Crippen LogP contribution < -0.4 is 14.8 Å². The number of thioether (sulfide) groups is 1. The SMILES string of the molecule is COc1ccc(CNC(=O)[C@@H](C)Sc2ccc(C)cc2)cc1OC. The van der Waals surface area contributed by atoms with Gasteiger partial charge in [0.15, 0.2) is 11.5 Å². The minimum Gasteiger partial charge on any atom is -0.493 e. The second kappa shape index (κ2) is 8.64. The minimum atomic E-state index is -0.159. The number of hydrogen-bond donors (Lipinski definition) is 1. The molecule has 0 radical (unpaired) electrons. The number of hydrogen-bond acceptors (Lipinski definition) is 4. The molecule has 1 N–H and O–H groups in total. The Bertz CT molecular complexity index is 686. The zero-order chi connectivity index (χ0) is 17.5. The summed E-state index contributed by atoms with van der Waals surface area (Å²) in [4.78, 5) is 13.4. The van der Waals surface area contributed by atoms with Gasteiger partial charge in [0.05, 0.1) is 19.5 Å². The molecule has 2 aromatic rings. The van der Waals surface area contributed by atoms with Crippen molar-refractivity contribution in [1.29, 1.82) is 0 Å². The van der Waals surface area contributed by atoms with Gasteiger partial charge in [-0.3, -0.25) is 4.79 Å². The molecule has 0 heterocycles. The third-order valence-corrected chi connectivity index (χ3v) is 4.73. The van der Waals surface area contributed by atoms with Crippen LogP contribution >= 0.6 is 11.8 Å². The fourth-order valence-electron chi connectivity index (χ4n) is 2.20. The summed E-state index contributed by atoms with van der Waals surface area (Å²) in [5, 5.41) is 2.80. The highest BCUT2D eigenvalue weighted by Crippen LogP contribution is 2.27. The van der Waals surface area contributed by atoms with Crippen LogP contribution in [0.25, 0.3) is 0 Å². The Balaban J connectivity index is 1.91. The molecule has 0 aromatic heterocycles. The first-order valence-corrected chi connectivity index (χ1v) is 8.63. The monoisotopic (exact) mass is 345 g/mol. The van der Waals surface area contributed by atoms with Crippen molar-refractivity contribution in [3.8, 4) is 11.5 Å². The first-order valence-electron chi connectivity index (χ1n) is 7.75. The van der Waals surface area contributed by atoms with Gasteiger partial charge in [0, 0.05) is 11.4 Å². The second-order valence-corrected chi connectivity index (χ2v) is 6.89. The largest absolute Gasteiger partial charge is 0.493 e. The normalized spacial score (nSPS) is 11.7. The first kappa shape index (κ1) is 18.2. The van der Waals surface area contributed by atoms with Crippen LogP contribution in [0.15, 0.2) is 47.4 Å². The third kappa shape index (κ3) is 4.93. The van der Waals surface area contributed by atoms with Gasteiger partial charge >= 0.3 is 0 Å². The molecule has 0 aliphatic carbocycles. The van der Waals surface area contributed by atoms with E-state index >= 15 is 0 Å². The van der Waals surface area contributed by atoms with E-state index in [1.54, 1.807) is 26.0 Å². The molecule has 24 heavy (non-hydrogen) atoms. The van der Waals surface area contributed by atoms with E-state index in [9.17, 15) is 4.79 Å². The van der Waals surface area contributed by atoms with Gasteiger partial charge in [0.2, 0.25) is 5.91 Å². The molecule has 0 saturated carbocycles. The van der Waals surface area contributed by atoms with Gasteiger partial charge in [0.1, 0.15) is 0 Å². The van der Waals surface area contributed by atoms with Crippen LogP contribution in [0.3, 0.4) is 0 Å². The Kier molecular flexibility index (Phi) is 6.55. The van der Waals surface area contributed by atoms with Crippen LogP contribution in [-0.2, 0) is 11.3 Å². The summed E-state index contributed by atoms with van der Waals surface area (Å²) in [6.07, 6.45) is 0. The van der Waals surface area contributed by atoms with Crippen molar-refractivity contribution in [2.45, 2.75) is 30.5 Å². The molecule has 0 aliphatic heterocycles. The second-order valence-electron chi connectivity index (χ2n) is 5.48. The fraction of sp³-hybridized carbons (Fsp3) is 0.316. The van der Waals surface area contributed by atoms with Crippen molar-refractivity contribution in [2.75, 3.05) is 14.2 Å². The summed E-state index contributed by atoms with van der Waals surface area (Å²) in [6, 6.07) is 13.8. The Hall–Kier alpha value is -2.14. The molecular formula is C19H23NO3S. The van der Waals surface area contributed by atoms with E-state index in [4.69, 9.17) is 9.47 Å². The van der Waals surface area contributed by atoms with Crippen LogP contribution in [-0.4, -0.2) is 25.4 Å². The molecule has 0 fully saturated rings. The molecule has 0 spiro atoms. The van der Waals surface area contributed by atoms with E-state index in [1.165, 1.54) is 5.56 Å². The summed E-state index contributed by atoms with van der Waals surface area (Å²) in [7, 11) is 3.20. The fourth-order valence-corrected chi connectivity index (χ4v) is 3.09. The number of nitrogens with one attached hydrogen (secondary N) is 1. The zero-order valence-corrected chi connectivity index (χ0v) is 15.3. The maximum atomic E-state index is 12.3. The van der Waals surface area contributed by atoms with Gasteiger partial charge in [-0.2, -0.15) is 0 Å². The van der Waals surface area contributed by atoms with E-state index in [2.05, 4.69) is 17.4 Å². The average molecular weight is 345 g/mol. The highest BCUT2D eigenvalue weighted by atomic mass is 32.2. The highest BCUT2D eigenvalue weighted by molar-refractivity contribution is 8.00. The van der Waals surface area contributed by atoms with Crippen molar-refractivity contribution in [2.24, 2.45) is 0 Å². The minimum absolute atomic E-state index is 0.00959. The van der Waals surface area contributed by atoms with E-state index < -0.39 is 0 Å². The number of ether oxygens (including phenoxy) is 2. The molecule has 4 nitrogen and oxygen atoms in total. The van der Waals surface area contributed by atoms with Crippen molar-refractivity contribution in [3.05, 3.63) is 53.6 Å². The van der Waals surface area contributed by atoms with Crippen molar-refractivity contribution in [1.82, 2.24) is 5.32 Å². The zero-order valence-electron chi connectivity index (χ0n) is 14.5. The highest BCUT2D eigenvalue weighted by Gasteiger charge is 2.14. The maximum Gasteiger partial charge on any atom is 0.233 e. The van der Waals surface area contributed by atoms with Crippen molar-refractivity contribution >= 4 is 17.7 Å². The van der Waals surface area contributed by atoms with Gasteiger partial charge < -0.3 is 14.8 Å². The number of carbonyl (C=O) groups is 1. The molecule has 2 aromatic carbocycles. The van der Waals surface area contributed by atoms with E-state index in [0.29, 0.717) is 18.0 Å². The predicted octanol–water partition coefficient (Wildman–Crippen LogP) is 3.81. The molecule has 1 amide bonds. The third-order valence-electron chi connectivity index (χ3n) is 3.62. The Morgan fingerprint density at radius 2 is 1.75 bits per heavy atom. The Morgan fingerprint density at radius 1 is 1.08 bits per heavy atom. The lowest BCUT2D eigenvalue weighted by Crippen LogP contribution is -2.30. The van der Waals surface area contributed by atoms with Gasteiger partial charge in [-0.15, -0.1) is 11.8 Å². The number of amides is 1. The molecule has 5 heteroatoms. The van der Waals surface area contributed by atoms with Crippen LogP contribution in [0.1, 0.15) is 18.1 Å². The van der Waals surface area contributed by atoms with Gasteiger partial charge in [-0.25, -0.2) is 0 Å². The lowest BCUT2D eigenvalue weighted by Gasteiger charge is -2.13. The Morgan fingerprint density at radius 3 is 2.38 bits per heavy atom. The summed E-state index contributed by atoms with van der Waals surface area (Å²) in [6.45, 7) is 4.42. The maximum absolute atomic E-state index is 12.3. The molecule has 0 unspecified atom stereocenters. The number of aryl methyl sites for hydroxylation is 1. The van der Waals surface area contributed by atoms with Gasteiger partial charge in [-0.05, 0) is 43.7 Å². The first-order chi connectivity index (χ1) is 11.5. The molecule has 0 bridgehead atoms.